The predicted molar refractivity (Wildman–Crippen MR) is 82.5 cm³/mol. The number of carbonyl (C=O) groups is 1. The molecule has 1 aromatic rings. The van der Waals surface area contributed by atoms with Crippen LogP contribution in [0.3, 0.4) is 0 Å². The molecule has 0 fully saturated rings. The van der Waals surface area contributed by atoms with Crippen molar-refractivity contribution >= 4 is 39.5 Å². The van der Waals surface area contributed by atoms with Crippen LogP contribution >= 0.6 is 27.5 Å². The number of amides is 1. The third-order valence-electron chi connectivity index (χ3n) is 2.37. The van der Waals surface area contributed by atoms with Gasteiger partial charge in [0.25, 0.3) is 5.91 Å². The van der Waals surface area contributed by atoms with E-state index in [1.165, 1.54) is 11.0 Å². The lowest BCUT2D eigenvalue weighted by atomic mass is 10.1. The van der Waals surface area contributed by atoms with Crippen molar-refractivity contribution in [2.75, 3.05) is 20.7 Å². The molecule has 1 amide bonds. The van der Waals surface area contributed by atoms with Crippen LogP contribution in [0.25, 0.3) is 6.08 Å². The number of halogens is 2. The molecule has 1 aromatic carbocycles. The number of nitrogens with zero attached hydrogens (tertiary/aromatic N) is 3. The minimum absolute atomic E-state index is 0.00587. The van der Waals surface area contributed by atoms with Crippen LogP contribution in [0, 0.1) is 22.7 Å². The number of hydrogen-bond acceptors (Lipinski definition) is 4. The van der Waals surface area contributed by atoms with Crippen molar-refractivity contribution in [3.63, 3.8) is 0 Å². The molecule has 0 unspecified atom stereocenters. The molecule has 0 saturated heterocycles. The van der Waals surface area contributed by atoms with Crippen LogP contribution in [0.5, 0.6) is 5.75 Å². The zero-order valence-electron chi connectivity index (χ0n) is 11.4. The van der Waals surface area contributed by atoms with Gasteiger partial charge in [0, 0.05) is 14.1 Å². The molecule has 108 valence electrons. The first-order chi connectivity index (χ1) is 9.90. The highest BCUT2D eigenvalue weighted by molar-refractivity contribution is 9.10. The van der Waals surface area contributed by atoms with Crippen molar-refractivity contribution in [1.82, 2.24) is 4.90 Å². The minimum atomic E-state index is -0.394. The normalized spacial score (nSPS) is 10.5. The van der Waals surface area contributed by atoms with Crippen LogP contribution in [0.15, 0.2) is 22.2 Å². The van der Waals surface area contributed by atoms with Gasteiger partial charge in [-0.2, -0.15) is 10.5 Å². The summed E-state index contributed by atoms with van der Waals surface area (Å²) in [7, 11) is 3.13. The van der Waals surface area contributed by atoms with Gasteiger partial charge < -0.3 is 9.64 Å². The Balaban J connectivity index is 3.19. The summed E-state index contributed by atoms with van der Waals surface area (Å²) in [5, 5.41) is 17.8. The number of carbonyl (C=O) groups excluding carboxylic acids is 1. The molecule has 0 spiro atoms. The third kappa shape index (κ3) is 4.49. The Morgan fingerprint density at radius 2 is 2.14 bits per heavy atom. The first kappa shape index (κ1) is 17.0. The monoisotopic (exact) mass is 367 g/mol. The van der Waals surface area contributed by atoms with Gasteiger partial charge in [-0.15, -0.1) is 0 Å². The summed E-state index contributed by atoms with van der Waals surface area (Å²) in [6.45, 7) is -0.129. The molecule has 0 bridgehead atoms. The molecule has 0 saturated carbocycles. The van der Waals surface area contributed by atoms with E-state index >= 15 is 0 Å². The first-order valence-corrected chi connectivity index (χ1v) is 6.90. The van der Waals surface area contributed by atoms with Gasteiger partial charge >= 0.3 is 0 Å². The van der Waals surface area contributed by atoms with E-state index in [1.807, 2.05) is 12.1 Å². The van der Waals surface area contributed by atoms with Gasteiger partial charge in [0.2, 0.25) is 0 Å². The molecule has 7 heteroatoms. The number of ether oxygens (including phenoxy) is 1. The van der Waals surface area contributed by atoms with Gasteiger partial charge in [-0.3, -0.25) is 4.79 Å². The van der Waals surface area contributed by atoms with Gasteiger partial charge in [0.15, 0.2) is 12.4 Å². The summed E-state index contributed by atoms with van der Waals surface area (Å²) in [6, 6.07) is 6.91. The second kappa shape index (κ2) is 7.68. The van der Waals surface area contributed by atoms with Crippen LogP contribution in [-0.4, -0.2) is 31.5 Å². The molecule has 0 aliphatic rings. The van der Waals surface area contributed by atoms with Crippen LogP contribution in [0.2, 0.25) is 5.02 Å². The zero-order valence-corrected chi connectivity index (χ0v) is 13.7. The van der Waals surface area contributed by atoms with E-state index in [9.17, 15) is 4.79 Å². The summed E-state index contributed by atoms with van der Waals surface area (Å²) >= 11 is 9.35. The highest BCUT2D eigenvalue weighted by atomic mass is 79.9. The lowest BCUT2D eigenvalue weighted by molar-refractivity contribution is -0.124. The standard InChI is InChI=1S/C14H11BrClN3O2/c1-19(2)14(20)10(8-18)5-9-6-11(15)13(12(16)7-9)21-4-3-17/h5-7H,4H2,1-2H3/b10-5-. The Morgan fingerprint density at radius 3 is 2.62 bits per heavy atom. The average molecular weight is 369 g/mol. The summed E-state index contributed by atoms with van der Waals surface area (Å²) in [5.41, 5.74) is 0.566. The zero-order chi connectivity index (χ0) is 16.0. The molecule has 0 aromatic heterocycles. The van der Waals surface area contributed by atoms with E-state index in [1.54, 1.807) is 26.2 Å². The van der Waals surface area contributed by atoms with Crippen molar-refractivity contribution in [3.8, 4) is 17.9 Å². The molecule has 0 heterocycles. The Labute approximate surface area is 136 Å². The van der Waals surface area contributed by atoms with Gasteiger partial charge in [-0.1, -0.05) is 11.6 Å². The second-order valence-corrected chi connectivity index (χ2v) is 5.39. The number of rotatable bonds is 4. The maximum absolute atomic E-state index is 11.8. The molecular weight excluding hydrogens is 358 g/mol. The molecule has 0 N–H and O–H groups in total. The molecule has 5 nitrogen and oxygen atoms in total. The molecule has 21 heavy (non-hydrogen) atoms. The molecule has 0 aliphatic heterocycles. The van der Waals surface area contributed by atoms with Gasteiger partial charge in [-0.05, 0) is 39.7 Å². The van der Waals surface area contributed by atoms with E-state index in [2.05, 4.69) is 15.9 Å². The summed E-state index contributed by atoms with van der Waals surface area (Å²) in [6.07, 6.45) is 1.44. The van der Waals surface area contributed by atoms with Gasteiger partial charge in [-0.25, -0.2) is 0 Å². The number of benzene rings is 1. The fourth-order valence-electron chi connectivity index (χ4n) is 1.45. The lowest BCUT2D eigenvalue weighted by Gasteiger charge is -2.10. The topological polar surface area (TPSA) is 77.1 Å². The van der Waals surface area contributed by atoms with Crippen LogP contribution in [-0.2, 0) is 4.79 Å². The summed E-state index contributed by atoms with van der Waals surface area (Å²) in [4.78, 5) is 13.1. The molecule has 0 aliphatic carbocycles. The van der Waals surface area contributed by atoms with Crippen LogP contribution in [0.1, 0.15) is 5.56 Å². The second-order valence-electron chi connectivity index (χ2n) is 4.13. The van der Waals surface area contributed by atoms with E-state index in [0.717, 1.165) is 0 Å². The van der Waals surface area contributed by atoms with Crippen molar-refractivity contribution in [2.24, 2.45) is 0 Å². The van der Waals surface area contributed by atoms with Crippen molar-refractivity contribution in [1.29, 1.82) is 10.5 Å². The highest BCUT2D eigenvalue weighted by Gasteiger charge is 2.13. The maximum Gasteiger partial charge on any atom is 0.264 e. The smallest absolute Gasteiger partial charge is 0.264 e. The molecule has 0 radical (unpaired) electrons. The largest absolute Gasteiger partial charge is 0.476 e. The van der Waals surface area contributed by atoms with E-state index in [-0.39, 0.29) is 17.2 Å². The van der Waals surface area contributed by atoms with E-state index in [4.69, 9.17) is 26.9 Å². The van der Waals surface area contributed by atoms with Crippen LogP contribution in [0.4, 0.5) is 0 Å². The molecule has 1 rings (SSSR count). The highest BCUT2D eigenvalue weighted by Crippen LogP contribution is 2.35. The van der Waals surface area contributed by atoms with Crippen molar-refractivity contribution < 1.29 is 9.53 Å². The fourth-order valence-corrected chi connectivity index (χ4v) is 2.44. The average Bonchev–Trinajstić information content (AvgIpc) is 2.43. The number of hydrogen-bond donors (Lipinski definition) is 0. The number of likely N-dealkylation sites (N-methyl/N-ethyl adjacent to an activating group) is 1. The Hall–Kier alpha value is -2.02. The Bertz CT molecular complexity index is 649. The predicted octanol–water partition coefficient (Wildman–Crippen LogP) is 3.00. The first-order valence-electron chi connectivity index (χ1n) is 5.73. The van der Waals surface area contributed by atoms with Gasteiger partial charge in [0.05, 0.1) is 9.50 Å². The SMILES string of the molecule is CN(C)C(=O)/C(C#N)=C\c1cc(Cl)c(OCC#N)c(Br)c1. The Kier molecular flexibility index (Phi) is 6.23. The maximum atomic E-state index is 11.8. The van der Waals surface area contributed by atoms with Crippen molar-refractivity contribution in [2.45, 2.75) is 0 Å². The lowest BCUT2D eigenvalue weighted by Crippen LogP contribution is -2.22. The quantitative estimate of drug-likeness (QED) is 0.604. The van der Waals surface area contributed by atoms with Crippen molar-refractivity contribution in [3.05, 3.63) is 32.8 Å². The Morgan fingerprint density at radius 1 is 1.48 bits per heavy atom. The number of nitriles is 2. The molecule has 0 atom stereocenters. The van der Waals surface area contributed by atoms with E-state index < -0.39 is 5.91 Å². The summed E-state index contributed by atoms with van der Waals surface area (Å²) in [5.74, 6) is -0.0534. The van der Waals surface area contributed by atoms with E-state index in [0.29, 0.717) is 15.8 Å². The third-order valence-corrected chi connectivity index (χ3v) is 3.24. The van der Waals surface area contributed by atoms with Crippen LogP contribution < -0.4 is 4.74 Å². The minimum Gasteiger partial charge on any atom is -0.476 e. The molecular formula is C14H11BrClN3O2. The summed E-state index contributed by atoms with van der Waals surface area (Å²) < 4.78 is 5.72. The fraction of sp³-hybridized carbons (Fsp3) is 0.214. The van der Waals surface area contributed by atoms with Gasteiger partial charge in [0.1, 0.15) is 17.7 Å².